The third-order valence-corrected chi connectivity index (χ3v) is 3.09. The van der Waals surface area contributed by atoms with E-state index in [1.165, 1.54) is 32.2 Å². The Kier molecular flexibility index (Phi) is 4.88. The summed E-state index contributed by atoms with van der Waals surface area (Å²) in [5.41, 5.74) is 0.467. The molecule has 1 atom stereocenters. The SMILES string of the molecule is COc1ccc(C(=O)C(C)OC(=O)c2cccc(F)c2)cc1. The van der Waals surface area contributed by atoms with E-state index in [1.54, 1.807) is 24.3 Å². The second-order valence-electron chi connectivity index (χ2n) is 4.65. The first-order valence-corrected chi connectivity index (χ1v) is 6.66. The summed E-state index contributed by atoms with van der Waals surface area (Å²) in [6.45, 7) is 1.48. The third-order valence-electron chi connectivity index (χ3n) is 3.09. The lowest BCUT2D eigenvalue weighted by Crippen LogP contribution is -2.24. The average Bonchev–Trinajstić information content (AvgIpc) is 2.54. The predicted molar refractivity (Wildman–Crippen MR) is 78.6 cm³/mol. The smallest absolute Gasteiger partial charge is 0.338 e. The molecule has 0 bridgehead atoms. The first kappa shape index (κ1) is 15.7. The van der Waals surface area contributed by atoms with Gasteiger partial charge in [0.1, 0.15) is 11.6 Å². The van der Waals surface area contributed by atoms with Gasteiger partial charge < -0.3 is 9.47 Å². The lowest BCUT2D eigenvalue weighted by Gasteiger charge is -2.12. The maximum Gasteiger partial charge on any atom is 0.338 e. The number of ketones is 1. The van der Waals surface area contributed by atoms with E-state index in [4.69, 9.17) is 9.47 Å². The highest BCUT2D eigenvalue weighted by atomic mass is 19.1. The van der Waals surface area contributed by atoms with Gasteiger partial charge in [-0.2, -0.15) is 0 Å². The minimum Gasteiger partial charge on any atom is -0.497 e. The second kappa shape index (κ2) is 6.85. The highest BCUT2D eigenvalue weighted by molar-refractivity contribution is 6.01. The summed E-state index contributed by atoms with van der Waals surface area (Å²) in [4.78, 5) is 24.1. The summed E-state index contributed by atoms with van der Waals surface area (Å²) < 4.78 is 23.2. The molecule has 0 N–H and O–H groups in total. The first-order valence-electron chi connectivity index (χ1n) is 6.66. The van der Waals surface area contributed by atoms with Crippen LogP contribution in [0.3, 0.4) is 0 Å². The van der Waals surface area contributed by atoms with Gasteiger partial charge in [-0.15, -0.1) is 0 Å². The van der Waals surface area contributed by atoms with Crippen LogP contribution in [0.1, 0.15) is 27.6 Å². The Morgan fingerprint density at radius 2 is 1.73 bits per heavy atom. The molecule has 22 heavy (non-hydrogen) atoms. The number of benzene rings is 2. The molecule has 114 valence electrons. The Balaban J connectivity index is 2.05. The maximum atomic E-state index is 13.1. The fourth-order valence-electron chi connectivity index (χ4n) is 1.89. The minimum atomic E-state index is -0.968. The number of methoxy groups -OCH3 is 1. The summed E-state index contributed by atoms with van der Waals surface area (Å²) in [6.07, 6.45) is -0.968. The van der Waals surface area contributed by atoms with Crippen molar-refractivity contribution < 1.29 is 23.5 Å². The topological polar surface area (TPSA) is 52.6 Å². The number of rotatable bonds is 5. The molecule has 0 aliphatic carbocycles. The van der Waals surface area contributed by atoms with Gasteiger partial charge in [0, 0.05) is 5.56 Å². The van der Waals surface area contributed by atoms with Crippen LogP contribution < -0.4 is 4.74 Å². The van der Waals surface area contributed by atoms with Crippen LogP contribution in [0.2, 0.25) is 0 Å². The fraction of sp³-hybridized carbons (Fsp3) is 0.176. The maximum absolute atomic E-state index is 13.1. The zero-order chi connectivity index (χ0) is 16.1. The molecule has 0 saturated heterocycles. The zero-order valence-electron chi connectivity index (χ0n) is 12.2. The lowest BCUT2D eigenvalue weighted by atomic mass is 10.1. The van der Waals surface area contributed by atoms with Crippen molar-refractivity contribution in [2.45, 2.75) is 13.0 Å². The molecule has 2 aromatic carbocycles. The Morgan fingerprint density at radius 3 is 2.32 bits per heavy atom. The molecule has 2 rings (SSSR count). The van der Waals surface area contributed by atoms with Crippen LogP contribution in [0.15, 0.2) is 48.5 Å². The molecular formula is C17H15FO4. The van der Waals surface area contributed by atoms with Crippen LogP contribution in [0.25, 0.3) is 0 Å². The number of hydrogen-bond acceptors (Lipinski definition) is 4. The van der Waals surface area contributed by atoms with Crippen LogP contribution in [0, 0.1) is 5.82 Å². The van der Waals surface area contributed by atoms with Gasteiger partial charge in [-0.05, 0) is 49.4 Å². The summed E-state index contributed by atoms with van der Waals surface area (Å²) in [6, 6.07) is 11.6. The number of hydrogen-bond donors (Lipinski definition) is 0. The van der Waals surface area contributed by atoms with E-state index in [1.807, 2.05) is 0 Å². The number of carbonyl (C=O) groups excluding carboxylic acids is 2. The second-order valence-corrected chi connectivity index (χ2v) is 4.65. The summed E-state index contributed by atoms with van der Waals surface area (Å²) >= 11 is 0. The standard InChI is InChI=1S/C17H15FO4/c1-11(16(19)12-6-8-15(21-2)9-7-12)22-17(20)13-4-3-5-14(18)10-13/h3-11H,1-2H3. The molecule has 1 unspecified atom stereocenters. The van der Waals surface area contributed by atoms with Crippen molar-refractivity contribution in [2.75, 3.05) is 7.11 Å². The number of halogens is 1. The van der Waals surface area contributed by atoms with Gasteiger partial charge >= 0.3 is 5.97 Å². The van der Waals surface area contributed by atoms with E-state index in [0.29, 0.717) is 11.3 Å². The highest BCUT2D eigenvalue weighted by Crippen LogP contribution is 2.15. The van der Waals surface area contributed by atoms with Crippen molar-refractivity contribution in [3.8, 4) is 5.75 Å². The molecule has 2 aromatic rings. The van der Waals surface area contributed by atoms with Crippen molar-refractivity contribution in [3.63, 3.8) is 0 Å². The number of esters is 1. The highest BCUT2D eigenvalue weighted by Gasteiger charge is 2.20. The van der Waals surface area contributed by atoms with Crippen molar-refractivity contribution in [2.24, 2.45) is 0 Å². The van der Waals surface area contributed by atoms with Crippen molar-refractivity contribution >= 4 is 11.8 Å². The predicted octanol–water partition coefficient (Wildman–Crippen LogP) is 3.26. The van der Waals surface area contributed by atoms with E-state index in [-0.39, 0.29) is 11.3 Å². The summed E-state index contributed by atoms with van der Waals surface area (Å²) in [5.74, 6) is -0.995. The Hall–Kier alpha value is -2.69. The number of carbonyl (C=O) groups is 2. The largest absolute Gasteiger partial charge is 0.497 e. The number of Topliss-reactive ketones (excluding diaryl/α,β-unsaturated/α-hetero) is 1. The summed E-state index contributed by atoms with van der Waals surface area (Å²) in [7, 11) is 1.53. The van der Waals surface area contributed by atoms with Gasteiger partial charge in [0.05, 0.1) is 12.7 Å². The van der Waals surface area contributed by atoms with E-state index in [9.17, 15) is 14.0 Å². The van der Waals surface area contributed by atoms with Gasteiger partial charge in [-0.1, -0.05) is 6.07 Å². The molecule has 0 aliphatic rings. The third kappa shape index (κ3) is 3.69. The van der Waals surface area contributed by atoms with E-state index < -0.39 is 17.9 Å². The van der Waals surface area contributed by atoms with Crippen molar-refractivity contribution in [3.05, 3.63) is 65.5 Å². The van der Waals surface area contributed by atoms with Crippen LogP contribution in [0.5, 0.6) is 5.75 Å². The van der Waals surface area contributed by atoms with Crippen LogP contribution in [-0.2, 0) is 4.74 Å². The molecule has 0 aliphatic heterocycles. The molecule has 4 nitrogen and oxygen atoms in total. The van der Waals surface area contributed by atoms with Gasteiger partial charge in [-0.3, -0.25) is 4.79 Å². The normalized spacial score (nSPS) is 11.6. The molecule has 0 amide bonds. The Bertz CT molecular complexity index is 679. The van der Waals surface area contributed by atoms with Gasteiger partial charge in [0.25, 0.3) is 0 Å². The average molecular weight is 302 g/mol. The van der Waals surface area contributed by atoms with E-state index >= 15 is 0 Å². The monoisotopic (exact) mass is 302 g/mol. The molecule has 0 heterocycles. The lowest BCUT2D eigenvalue weighted by molar-refractivity contribution is 0.0318. The molecule has 0 fully saturated rings. The summed E-state index contributed by atoms with van der Waals surface area (Å²) in [5, 5.41) is 0. The molecule has 0 spiro atoms. The van der Waals surface area contributed by atoms with Gasteiger partial charge in [0.2, 0.25) is 5.78 Å². The first-order chi connectivity index (χ1) is 10.5. The zero-order valence-corrected chi connectivity index (χ0v) is 12.2. The Morgan fingerprint density at radius 1 is 1.05 bits per heavy atom. The number of ether oxygens (including phenoxy) is 2. The van der Waals surface area contributed by atoms with Crippen molar-refractivity contribution in [1.82, 2.24) is 0 Å². The van der Waals surface area contributed by atoms with Crippen LogP contribution >= 0.6 is 0 Å². The van der Waals surface area contributed by atoms with Crippen LogP contribution in [0.4, 0.5) is 4.39 Å². The molecular weight excluding hydrogens is 287 g/mol. The quantitative estimate of drug-likeness (QED) is 0.628. The minimum absolute atomic E-state index is 0.0642. The molecule has 0 radical (unpaired) electrons. The van der Waals surface area contributed by atoms with Gasteiger partial charge in [0.15, 0.2) is 6.10 Å². The Labute approximate surface area is 127 Å². The molecule has 0 aromatic heterocycles. The molecule has 5 heteroatoms. The van der Waals surface area contributed by atoms with E-state index in [2.05, 4.69) is 0 Å². The van der Waals surface area contributed by atoms with Crippen LogP contribution in [-0.4, -0.2) is 25.0 Å². The van der Waals surface area contributed by atoms with Gasteiger partial charge in [-0.25, -0.2) is 9.18 Å². The van der Waals surface area contributed by atoms with E-state index in [0.717, 1.165) is 6.07 Å². The fourth-order valence-corrected chi connectivity index (χ4v) is 1.89. The molecule has 0 saturated carbocycles. The van der Waals surface area contributed by atoms with Crippen molar-refractivity contribution in [1.29, 1.82) is 0 Å².